The molecule has 2 aromatic carbocycles. The van der Waals surface area contributed by atoms with E-state index in [1.165, 1.54) is 10.6 Å². The third kappa shape index (κ3) is 3.43. The van der Waals surface area contributed by atoms with Gasteiger partial charge in [-0.1, -0.05) is 17.7 Å². The number of likely N-dealkylation sites (N-methyl/N-ethyl adjacent to an activating group) is 1. The molecule has 0 aliphatic carbocycles. The summed E-state index contributed by atoms with van der Waals surface area (Å²) in [4.78, 5) is 25.2. The van der Waals surface area contributed by atoms with Crippen molar-refractivity contribution in [1.82, 2.24) is 9.88 Å². The first-order chi connectivity index (χ1) is 12.8. The van der Waals surface area contributed by atoms with Crippen LogP contribution >= 0.6 is 0 Å². The summed E-state index contributed by atoms with van der Waals surface area (Å²) in [5.41, 5.74) is 2.94. The molecule has 3 aromatic rings. The van der Waals surface area contributed by atoms with Gasteiger partial charge in [-0.05, 0) is 44.5 Å². The van der Waals surface area contributed by atoms with E-state index in [4.69, 9.17) is 0 Å². The molecule has 1 aromatic heterocycles. The minimum absolute atomic E-state index is 0.0371. The van der Waals surface area contributed by atoms with E-state index in [2.05, 4.69) is 5.32 Å². The van der Waals surface area contributed by atoms with Gasteiger partial charge in [-0.3, -0.25) is 14.2 Å². The van der Waals surface area contributed by atoms with Gasteiger partial charge in [0.15, 0.2) is 11.6 Å². The number of carbonyl (C=O) groups excluding carboxylic acids is 2. The van der Waals surface area contributed by atoms with Crippen LogP contribution in [0.25, 0.3) is 10.9 Å². The number of nitrogens with one attached hydrogen (secondary N) is 1. The summed E-state index contributed by atoms with van der Waals surface area (Å²) >= 11 is 0. The first-order valence-corrected chi connectivity index (χ1v) is 8.74. The largest absolute Gasteiger partial charge is 0.505 e. The summed E-state index contributed by atoms with van der Waals surface area (Å²) in [5, 5.41) is 13.0. The quantitative estimate of drug-likeness (QED) is 0.741. The highest BCUT2D eigenvalue weighted by Gasteiger charge is 2.23. The monoisotopic (exact) mass is 368 g/mol. The van der Waals surface area contributed by atoms with Crippen molar-refractivity contribution in [2.24, 2.45) is 0 Å². The molecule has 3 rings (SSSR count). The van der Waals surface area contributed by atoms with Gasteiger partial charge in [-0.15, -0.1) is 0 Å². The van der Waals surface area contributed by atoms with Crippen molar-refractivity contribution in [1.29, 1.82) is 0 Å². The molecule has 0 unspecified atom stereocenters. The lowest BCUT2D eigenvalue weighted by Crippen LogP contribution is -2.24. The van der Waals surface area contributed by atoms with E-state index in [9.17, 15) is 19.1 Å². The van der Waals surface area contributed by atoms with Gasteiger partial charge < -0.3 is 10.4 Å². The van der Waals surface area contributed by atoms with Gasteiger partial charge in [-0.2, -0.15) is 0 Å². The average molecular weight is 368 g/mol. The highest BCUT2D eigenvalue weighted by Crippen LogP contribution is 2.32. The van der Waals surface area contributed by atoms with Crippen molar-refractivity contribution in [2.45, 2.75) is 27.2 Å². The van der Waals surface area contributed by atoms with Crippen LogP contribution in [0.1, 0.15) is 34.1 Å². The minimum atomic E-state index is -0.817. The molecule has 6 heteroatoms. The van der Waals surface area contributed by atoms with E-state index in [0.29, 0.717) is 34.3 Å². The van der Waals surface area contributed by atoms with Crippen molar-refractivity contribution >= 4 is 22.7 Å². The fourth-order valence-electron chi connectivity index (χ4n) is 3.22. The highest BCUT2D eigenvalue weighted by molar-refractivity contribution is 6.05. The second-order valence-electron chi connectivity index (χ2n) is 6.52. The van der Waals surface area contributed by atoms with Gasteiger partial charge in [0.2, 0.25) is 5.91 Å². The third-order valence-corrected chi connectivity index (χ3v) is 4.62. The van der Waals surface area contributed by atoms with Crippen LogP contribution in [0.15, 0.2) is 36.4 Å². The molecule has 0 saturated heterocycles. The first-order valence-electron chi connectivity index (χ1n) is 8.74. The second kappa shape index (κ2) is 7.23. The van der Waals surface area contributed by atoms with Crippen LogP contribution < -0.4 is 5.32 Å². The number of benzene rings is 2. The molecule has 27 heavy (non-hydrogen) atoms. The molecule has 0 atom stereocenters. The number of phenolic OH excluding ortho intramolecular Hbond substituents is 1. The molecule has 1 amide bonds. The van der Waals surface area contributed by atoms with Crippen LogP contribution in [0.5, 0.6) is 5.75 Å². The average Bonchev–Trinajstić information content (AvgIpc) is 2.87. The lowest BCUT2D eigenvalue weighted by atomic mass is 10.1. The zero-order valence-electron chi connectivity index (χ0n) is 15.5. The van der Waals surface area contributed by atoms with Crippen molar-refractivity contribution in [3.05, 3.63) is 64.6 Å². The maximum atomic E-state index is 14.0. The number of rotatable bonds is 4. The fourth-order valence-corrected chi connectivity index (χ4v) is 3.22. The Morgan fingerprint density at radius 1 is 1.15 bits per heavy atom. The van der Waals surface area contributed by atoms with Crippen LogP contribution in [0.3, 0.4) is 0 Å². The SMILES string of the molecule is CCNC(=O)Cc1c(C)n(C(=O)c2ccc(C)cc2)c2cc(F)c(O)cc12. The Morgan fingerprint density at radius 2 is 1.81 bits per heavy atom. The molecular weight excluding hydrogens is 347 g/mol. The molecule has 0 aliphatic rings. The number of aromatic hydroxyl groups is 1. The molecule has 0 radical (unpaired) electrons. The number of hydrogen-bond donors (Lipinski definition) is 2. The Labute approximate surface area is 156 Å². The maximum absolute atomic E-state index is 14.0. The standard InChI is InChI=1S/C21H21FN2O3/c1-4-23-20(26)10-15-13(3)24(18-11-17(22)19(25)9-16(15)18)21(27)14-7-5-12(2)6-8-14/h5-9,11,25H,4,10H2,1-3H3,(H,23,26). The van der Waals surface area contributed by atoms with Crippen LogP contribution in [0.2, 0.25) is 0 Å². The predicted octanol–water partition coefficient (Wildman–Crippen LogP) is 3.47. The number of phenols is 1. The summed E-state index contributed by atoms with van der Waals surface area (Å²) in [6.07, 6.45) is 0.0371. The van der Waals surface area contributed by atoms with Crippen molar-refractivity contribution in [3.8, 4) is 5.75 Å². The predicted molar refractivity (Wildman–Crippen MR) is 102 cm³/mol. The summed E-state index contributed by atoms with van der Waals surface area (Å²) in [7, 11) is 0. The van der Waals surface area contributed by atoms with Gasteiger partial charge in [-0.25, -0.2) is 4.39 Å². The van der Waals surface area contributed by atoms with Gasteiger partial charge in [0.1, 0.15) is 0 Å². The zero-order chi connectivity index (χ0) is 19.7. The van der Waals surface area contributed by atoms with E-state index in [-0.39, 0.29) is 18.2 Å². The smallest absolute Gasteiger partial charge is 0.262 e. The molecule has 2 N–H and O–H groups in total. The molecule has 140 valence electrons. The Balaban J connectivity index is 2.21. The molecular formula is C21H21FN2O3. The van der Waals surface area contributed by atoms with Crippen LogP contribution in [0, 0.1) is 19.7 Å². The van der Waals surface area contributed by atoms with E-state index in [1.807, 2.05) is 26.0 Å². The van der Waals surface area contributed by atoms with Crippen LogP contribution in [-0.4, -0.2) is 28.0 Å². The Hall–Kier alpha value is -3.15. The van der Waals surface area contributed by atoms with Gasteiger partial charge in [0.05, 0.1) is 11.9 Å². The minimum Gasteiger partial charge on any atom is -0.505 e. The van der Waals surface area contributed by atoms with E-state index < -0.39 is 11.6 Å². The fraction of sp³-hybridized carbons (Fsp3) is 0.238. The first kappa shape index (κ1) is 18.6. The molecule has 5 nitrogen and oxygen atoms in total. The number of nitrogens with zero attached hydrogens (tertiary/aromatic N) is 1. The summed E-state index contributed by atoms with van der Waals surface area (Å²) in [6.45, 7) is 5.94. The number of halogens is 1. The number of fused-ring (bicyclic) bond motifs is 1. The van der Waals surface area contributed by atoms with Crippen molar-refractivity contribution < 1.29 is 19.1 Å². The molecule has 0 spiro atoms. The van der Waals surface area contributed by atoms with Gasteiger partial charge in [0, 0.05) is 29.3 Å². The molecule has 0 saturated carbocycles. The van der Waals surface area contributed by atoms with Crippen molar-refractivity contribution in [3.63, 3.8) is 0 Å². The van der Waals surface area contributed by atoms with Crippen molar-refractivity contribution in [2.75, 3.05) is 6.54 Å². The number of amides is 1. The maximum Gasteiger partial charge on any atom is 0.262 e. The summed E-state index contributed by atoms with van der Waals surface area (Å²) in [5.74, 6) is -1.85. The Morgan fingerprint density at radius 3 is 2.44 bits per heavy atom. The summed E-state index contributed by atoms with van der Waals surface area (Å²) < 4.78 is 15.4. The van der Waals surface area contributed by atoms with E-state index in [0.717, 1.165) is 11.6 Å². The second-order valence-corrected chi connectivity index (χ2v) is 6.52. The van der Waals surface area contributed by atoms with Gasteiger partial charge >= 0.3 is 0 Å². The number of hydrogen-bond acceptors (Lipinski definition) is 3. The zero-order valence-corrected chi connectivity index (χ0v) is 15.5. The molecule has 1 heterocycles. The number of carbonyl (C=O) groups is 2. The van der Waals surface area contributed by atoms with Crippen LogP contribution in [-0.2, 0) is 11.2 Å². The van der Waals surface area contributed by atoms with E-state index in [1.54, 1.807) is 19.1 Å². The van der Waals surface area contributed by atoms with E-state index >= 15 is 0 Å². The molecule has 0 fully saturated rings. The normalized spacial score (nSPS) is 11.0. The van der Waals surface area contributed by atoms with Crippen LogP contribution in [0.4, 0.5) is 4.39 Å². The number of aryl methyl sites for hydroxylation is 1. The Bertz CT molecular complexity index is 1040. The third-order valence-electron chi connectivity index (χ3n) is 4.62. The van der Waals surface area contributed by atoms with Gasteiger partial charge in [0.25, 0.3) is 5.91 Å². The highest BCUT2D eigenvalue weighted by atomic mass is 19.1. The topological polar surface area (TPSA) is 71.3 Å². The lowest BCUT2D eigenvalue weighted by molar-refractivity contribution is -0.120. The Kier molecular flexibility index (Phi) is 4.99. The lowest BCUT2D eigenvalue weighted by Gasteiger charge is -2.08. The number of aromatic nitrogens is 1. The molecule has 0 bridgehead atoms. The molecule has 0 aliphatic heterocycles. The summed E-state index contributed by atoms with van der Waals surface area (Å²) in [6, 6.07) is 9.48.